The Morgan fingerprint density at radius 2 is 2.37 bits per heavy atom. The number of hydrogen-bond donors (Lipinski definition) is 1. The highest BCUT2D eigenvalue weighted by Gasteiger charge is 2.29. The van der Waals surface area contributed by atoms with E-state index in [-0.39, 0.29) is 12.1 Å². The Bertz CT molecular complexity index is 385. The van der Waals surface area contributed by atoms with Crippen LogP contribution in [0.25, 0.3) is 0 Å². The molecule has 2 atom stereocenters. The highest BCUT2D eigenvalue weighted by molar-refractivity contribution is 7.16. The SMILES string of the molecule is CCCNC(c1ccc(Cl)s1)C1CN(CC)CCO1. The lowest BCUT2D eigenvalue weighted by molar-refractivity contribution is -0.0449. The first-order chi connectivity index (χ1) is 9.24. The van der Waals surface area contributed by atoms with Gasteiger partial charge in [-0.3, -0.25) is 4.90 Å². The minimum atomic E-state index is 0.218. The molecule has 1 N–H and O–H groups in total. The quantitative estimate of drug-likeness (QED) is 0.873. The Morgan fingerprint density at radius 3 is 3.00 bits per heavy atom. The number of morpholine rings is 1. The average molecular weight is 303 g/mol. The number of ether oxygens (including phenoxy) is 1. The molecule has 2 unspecified atom stereocenters. The number of nitrogens with one attached hydrogen (secondary N) is 1. The summed E-state index contributed by atoms with van der Waals surface area (Å²) in [5.74, 6) is 0. The van der Waals surface area contributed by atoms with E-state index in [1.807, 2.05) is 6.07 Å². The number of rotatable bonds is 6. The summed E-state index contributed by atoms with van der Waals surface area (Å²) in [6, 6.07) is 4.35. The van der Waals surface area contributed by atoms with E-state index >= 15 is 0 Å². The summed E-state index contributed by atoms with van der Waals surface area (Å²) in [6.07, 6.45) is 1.34. The first-order valence-electron chi connectivity index (χ1n) is 7.07. The smallest absolute Gasteiger partial charge is 0.0931 e. The minimum Gasteiger partial charge on any atom is -0.374 e. The Balaban J connectivity index is 2.08. The number of likely N-dealkylation sites (N-methyl/N-ethyl adjacent to an activating group) is 1. The van der Waals surface area contributed by atoms with Crippen molar-refractivity contribution in [3.8, 4) is 0 Å². The zero-order valence-corrected chi connectivity index (χ0v) is 13.3. The maximum absolute atomic E-state index is 6.07. The third-order valence-corrected chi connectivity index (χ3v) is 4.83. The molecule has 0 saturated carbocycles. The van der Waals surface area contributed by atoms with E-state index < -0.39 is 0 Å². The van der Waals surface area contributed by atoms with E-state index in [1.165, 1.54) is 4.88 Å². The molecule has 19 heavy (non-hydrogen) atoms. The van der Waals surface area contributed by atoms with Gasteiger partial charge in [0, 0.05) is 18.0 Å². The van der Waals surface area contributed by atoms with Gasteiger partial charge < -0.3 is 10.1 Å². The third-order valence-electron chi connectivity index (χ3n) is 3.51. The van der Waals surface area contributed by atoms with Crippen LogP contribution in [0.1, 0.15) is 31.2 Å². The first-order valence-corrected chi connectivity index (χ1v) is 8.26. The molecule has 108 valence electrons. The molecule has 1 aliphatic heterocycles. The zero-order chi connectivity index (χ0) is 13.7. The van der Waals surface area contributed by atoms with Gasteiger partial charge in [0.05, 0.1) is 23.1 Å². The first kappa shape index (κ1) is 15.3. The van der Waals surface area contributed by atoms with Gasteiger partial charge in [-0.15, -0.1) is 11.3 Å². The molecule has 5 heteroatoms. The standard InChI is InChI=1S/C14H23ClN2OS/c1-3-7-16-14(12-5-6-13(15)19-12)11-10-17(4-2)8-9-18-11/h5-6,11,14,16H,3-4,7-10H2,1-2H3. The van der Waals surface area contributed by atoms with Crippen molar-refractivity contribution in [2.24, 2.45) is 0 Å². The second kappa shape index (κ2) is 7.60. The van der Waals surface area contributed by atoms with Crippen LogP contribution in [0.3, 0.4) is 0 Å². The fourth-order valence-corrected chi connectivity index (χ4v) is 3.62. The molecule has 0 aromatic carbocycles. The van der Waals surface area contributed by atoms with Crippen LogP contribution < -0.4 is 5.32 Å². The Morgan fingerprint density at radius 1 is 1.53 bits per heavy atom. The van der Waals surface area contributed by atoms with Crippen molar-refractivity contribution in [2.75, 3.05) is 32.8 Å². The Kier molecular flexibility index (Phi) is 6.10. The number of hydrogen-bond acceptors (Lipinski definition) is 4. The molecule has 2 rings (SSSR count). The van der Waals surface area contributed by atoms with Gasteiger partial charge in [-0.25, -0.2) is 0 Å². The lowest BCUT2D eigenvalue weighted by atomic mass is 10.1. The Hall–Kier alpha value is -0.130. The summed E-state index contributed by atoms with van der Waals surface area (Å²) in [4.78, 5) is 3.73. The van der Waals surface area contributed by atoms with Crippen molar-refractivity contribution in [1.82, 2.24) is 10.2 Å². The lowest BCUT2D eigenvalue weighted by Crippen LogP contribution is -2.48. The average Bonchev–Trinajstić information content (AvgIpc) is 2.86. The summed E-state index contributed by atoms with van der Waals surface area (Å²) < 4.78 is 6.84. The summed E-state index contributed by atoms with van der Waals surface area (Å²) in [7, 11) is 0. The predicted octanol–water partition coefficient (Wildman–Crippen LogP) is 3.16. The van der Waals surface area contributed by atoms with E-state index in [4.69, 9.17) is 16.3 Å². The van der Waals surface area contributed by atoms with Crippen molar-refractivity contribution in [3.63, 3.8) is 0 Å². The molecule has 1 aromatic rings. The van der Waals surface area contributed by atoms with Crippen LogP contribution in [-0.4, -0.2) is 43.8 Å². The molecule has 1 aliphatic rings. The summed E-state index contributed by atoms with van der Waals surface area (Å²) in [5.41, 5.74) is 0. The molecule has 2 heterocycles. The molecular formula is C14H23ClN2OS. The van der Waals surface area contributed by atoms with Gasteiger partial charge in [0.15, 0.2) is 0 Å². The van der Waals surface area contributed by atoms with Crippen molar-refractivity contribution in [2.45, 2.75) is 32.4 Å². The maximum Gasteiger partial charge on any atom is 0.0931 e. The highest BCUT2D eigenvalue weighted by Crippen LogP contribution is 2.31. The zero-order valence-electron chi connectivity index (χ0n) is 11.7. The van der Waals surface area contributed by atoms with Crippen molar-refractivity contribution in [1.29, 1.82) is 0 Å². The van der Waals surface area contributed by atoms with Gasteiger partial charge >= 0.3 is 0 Å². The third kappa shape index (κ3) is 4.17. The molecular weight excluding hydrogens is 280 g/mol. The van der Waals surface area contributed by atoms with E-state index in [2.05, 4.69) is 30.1 Å². The van der Waals surface area contributed by atoms with Crippen LogP contribution in [0.4, 0.5) is 0 Å². The number of halogens is 1. The van der Waals surface area contributed by atoms with Gasteiger partial charge in [0.25, 0.3) is 0 Å². The van der Waals surface area contributed by atoms with E-state index in [1.54, 1.807) is 11.3 Å². The van der Waals surface area contributed by atoms with Crippen LogP contribution in [0.5, 0.6) is 0 Å². The largest absolute Gasteiger partial charge is 0.374 e. The predicted molar refractivity (Wildman–Crippen MR) is 82.2 cm³/mol. The molecule has 0 bridgehead atoms. The van der Waals surface area contributed by atoms with Crippen LogP contribution >= 0.6 is 22.9 Å². The molecule has 0 aliphatic carbocycles. The lowest BCUT2D eigenvalue weighted by Gasteiger charge is -2.36. The summed E-state index contributed by atoms with van der Waals surface area (Å²) in [5, 5.41) is 3.61. The van der Waals surface area contributed by atoms with Crippen LogP contribution in [-0.2, 0) is 4.74 Å². The number of nitrogens with zero attached hydrogens (tertiary/aromatic N) is 1. The molecule has 1 fully saturated rings. The fraction of sp³-hybridized carbons (Fsp3) is 0.714. The minimum absolute atomic E-state index is 0.218. The van der Waals surface area contributed by atoms with Gasteiger partial charge in [-0.1, -0.05) is 25.4 Å². The monoisotopic (exact) mass is 302 g/mol. The van der Waals surface area contributed by atoms with E-state index in [9.17, 15) is 0 Å². The Labute approximate surface area is 124 Å². The van der Waals surface area contributed by atoms with Gasteiger partial charge in [0.1, 0.15) is 0 Å². The summed E-state index contributed by atoms with van der Waals surface area (Å²) >= 11 is 7.73. The molecule has 0 spiro atoms. The second-order valence-corrected chi connectivity index (χ2v) is 6.62. The van der Waals surface area contributed by atoms with Gasteiger partial charge in [-0.2, -0.15) is 0 Å². The van der Waals surface area contributed by atoms with E-state index in [0.717, 1.165) is 43.5 Å². The van der Waals surface area contributed by atoms with Crippen molar-refractivity contribution >= 4 is 22.9 Å². The van der Waals surface area contributed by atoms with E-state index in [0.29, 0.717) is 0 Å². The highest BCUT2D eigenvalue weighted by atomic mass is 35.5. The normalized spacial score (nSPS) is 22.6. The molecule has 0 radical (unpaired) electrons. The molecule has 3 nitrogen and oxygen atoms in total. The summed E-state index contributed by atoms with van der Waals surface area (Å²) in [6.45, 7) is 9.34. The number of thiophene rings is 1. The second-order valence-electron chi connectivity index (χ2n) is 4.88. The maximum atomic E-state index is 6.07. The fourth-order valence-electron chi connectivity index (χ4n) is 2.43. The van der Waals surface area contributed by atoms with Gasteiger partial charge in [-0.05, 0) is 31.6 Å². The molecule has 0 amide bonds. The van der Waals surface area contributed by atoms with Crippen molar-refractivity contribution in [3.05, 3.63) is 21.3 Å². The van der Waals surface area contributed by atoms with Crippen molar-refractivity contribution < 1.29 is 4.74 Å². The topological polar surface area (TPSA) is 24.5 Å². The van der Waals surface area contributed by atoms with Crippen LogP contribution in [0.2, 0.25) is 4.34 Å². The van der Waals surface area contributed by atoms with Crippen LogP contribution in [0.15, 0.2) is 12.1 Å². The van der Waals surface area contributed by atoms with Gasteiger partial charge in [0.2, 0.25) is 0 Å². The molecule has 1 aromatic heterocycles. The molecule has 1 saturated heterocycles. The van der Waals surface area contributed by atoms with Crippen LogP contribution in [0, 0.1) is 0 Å².